The molecule has 5 heteroatoms. The molecule has 0 fully saturated rings. The largest absolute Gasteiger partial charge is 0.346 e. The third-order valence-electron chi connectivity index (χ3n) is 3.40. The van der Waals surface area contributed by atoms with Gasteiger partial charge in [-0.15, -0.1) is 11.3 Å². The van der Waals surface area contributed by atoms with Crippen molar-refractivity contribution in [2.45, 2.75) is 13.5 Å². The van der Waals surface area contributed by atoms with Gasteiger partial charge >= 0.3 is 0 Å². The highest BCUT2D eigenvalue weighted by Gasteiger charge is 2.11. The lowest BCUT2D eigenvalue weighted by Gasteiger charge is -2.04. The van der Waals surface area contributed by atoms with Crippen molar-refractivity contribution in [1.29, 1.82) is 0 Å². The lowest BCUT2D eigenvalue weighted by molar-refractivity contribution is 0.0946. The first-order valence-corrected chi connectivity index (χ1v) is 8.05. The summed E-state index contributed by atoms with van der Waals surface area (Å²) < 4.78 is 13.5. The fourth-order valence-electron chi connectivity index (χ4n) is 2.13. The number of nitrogens with one attached hydrogen (secondary N) is 1. The van der Waals surface area contributed by atoms with E-state index in [2.05, 4.69) is 10.3 Å². The molecule has 2 aromatic carbocycles. The normalized spacial score (nSPS) is 10.5. The van der Waals surface area contributed by atoms with Crippen molar-refractivity contribution in [3.63, 3.8) is 0 Å². The van der Waals surface area contributed by atoms with Crippen LogP contribution in [0.3, 0.4) is 0 Å². The number of hydrogen-bond donors (Lipinski definition) is 1. The monoisotopic (exact) mass is 326 g/mol. The number of nitrogens with zero attached hydrogens (tertiary/aromatic N) is 1. The second-order valence-corrected chi connectivity index (χ2v) is 6.03. The number of aromatic nitrogens is 1. The lowest BCUT2D eigenvalue weighted by Crippen LogP contribution is -2.23. The molecule has 1 amide bonds. The molecular formula is C18H15FN2OS. The van der Waals surface area contributed by atoms with Gasteiger partial charge in [-0.3, -0.25) is 4.79 Å². The Morgan fingerprint density at radius 3 is 2.65 bits per heavy atom. The summed E-state index contributed by atoms with van der Waals surface area (Å²) in [5.74, 6) is -0.961. The molecule has 0 aliphatic carbocycles. The van der Waals surface area contributed by atoms with Gasteiger partial charge in [0.25, 0.3) is 5.91 Å². The first kappa shape index (κ1) is 15.4. The number of aryl methyl sites for hydroxylation is 1. The fourth-order valence-corrected chi connectivity index (χ4v) is 2.95. The van der Waals surface area contributed by atoms with Crippen LogP contribution in [0, 0.1) is 12.7 Å². The summed E-state index contributed by atoms with van der Waals surface area (Å²) in [4.78, 5) is 16.5. The van der Waals surface area contributed by atoms with E-state index < -0.39 is 11.7 Å². The molecule has 3 rings (SSSR count). The predicted molar refractivity (Wildman–Crippen MR) is 89.9 cm³/mol. The van der Waals surface area contributed by atoms with Crippen LogP contribution in [0.15, 0.2) is 53.9 Å². The van der Waals surface area contributed by atoms with Gasteiger partial charge in [-0.2, -0.15) is 0 Å². The number of rotatable bonds is 4. The van der Waals surface area contributed by atoms with Crippen LogP contribution in [0.4, 0.5) is 4.39 Å². The topological polar surface area (TPSA) is 42.0 Å². The average molecular weight is 326 g/mol. The van der Waals surface area contributed by atoms with E-state index in [9.17, 15) is 9.18 Å². The smallest absolute Gasteiger partial charge is 0.254 e. The van der Waals surface area contributed by atoms with E-state index in [0.717, 1.165) is 16.3 Å². The van der Waals surface area contributed by atoms with Crippen molar-refractivity contribution in [3.05, 3.63) is 76.5 Å². The second-order valence-electron chi connectivity index (χ2n) is 5.17. The van der Waals surface area contributed by atoms with Gasteiger partial charge in [0, 0.05) is 10.9 Å². The van der Waals surface area contributed by atoms with Crippen LogP contribution >= 0.6 is 11.3 Å². The summed E-state index contributed by atoms with van der Waals surface area (Å²) in [6.45, 7) is 2.31. The summed E-state index contributed by atoms with van der Waals surface area (Å²) >= 11 is 1.52. The SMILES string of the molecule is Cc1ccc(-c2nc(CNC(=O)c3ccccc3F)cs2)cc1. The van der Waals surface area contributed by atoms with Crippen molar-refractivity contribution >= 4 is 17.2 Å². The molecule has 0 saturated carbocycles. The van der Waals surface area contributed by atoms with Crippen LogP contribution in [-0.4, -0.2) is 10.9 Å². The Morgan fingerprint density at radius 2 is 1.91 bits per heavy atom. The number of thiazole rings is 1. The maximum atomic E-state index is 13.5. The first-order chi connectivity index (χ1) is 11.1. The Morgan fingerprint density at radius 1 is 1.17 bits per heavy atom. The number of halogens is 1. The zero-order valence-corrected chi connectivity index (χ0v) is 13.4. The van der Waals surface area contributed by atoms with Gasteiger partial charge in [0.1, 0.15) is 10.8 Å². The van der Waals surface area contributed by atoms with Gasteiger partial charge in [-0.25, -0.2) is 9.37 Å². The molecule has 0 saturated heterocycles. The maximum Gasteiger partial charge on any atom is 0.254 e. The molecule has 0 aliphatic rings. The van der Waals surface area contributed by atoms with E-state index in [1.54, 1.807) is 12.1 Å². The average Bonchev–Trinajstić information content (AvgIpc) is 3.03. The highest BCUT2D eigenvalue weighted by Crippen LogP contribution is 2.24. The molecule has 3 aromatic rings. The molecule has 0 atom stereocenters. The number of carbonyl (C=O) groups excluding carboxylic acids is 1. The summed E-state index contributed by atoms with van der Waals surface area (Å²) in [5.41, 5.74) is 3.05. The molecule has 0 unspecified atom stereocenters. The second kappa shape index (κ2) is 6.71. The summed E-state index contributed by atoms with van der Waals surface area (Å²) in [6, 6.07) is 14.0. The molecule has 1 heterocycles. The van der Waals surface area contributed by atoms with Gasteiger partial charge in [-0.1, -0.05) is 42.0 Å². The van der Waals surface area contributed by atoms with Gasteiger partial charge in [0.2, 0.25) is 0 Å². The van der Waals surface area contributed by atoms with Crippen LogP contribution in [-0.2, 0) is 6.54 Å². The fraction of sp³-hybridized carbons (Fsp3) is 0.111. The Bertz CT molecular complexity index is 827. The first-order valence-electron chi connectivity index (χ1n) is 7.17. The minimum Gasteiger partial charge on any atom is -0.346 e. The van der Waals surface area contributed by atoms with Gasteiger partial charge < -0.3 is 5.32 Å². The van der Waals surface area contributed by atoms with Crippen LogP contribution in [0.2, 0.25) is 0 Å². The van der Waals surface area contributed by atoms with Crippen LogP contribution in [0.1, 0.15) is 21.6 Å². The summed E-state index contributed by atoms with van der Waals surface area (Å²) in [5, 5.41) is 5.50. The highest BCUT2D eigenvalue weighted by molar-refractivity contribution is 7.13. The van der Waals surface area contributed by atoms with E-state index in [-0.39, 0.29) is 12.1 Å². The van der Waals surface area contributed by atoms with Crippen LogP contribution in [0.5, 0.6) is 0 Å². The molecule has 0 spiro atoms. The number of amides is 1. The Balaban J connectivity index is 1.67. The zero-order valence-electron chi connectivity index (χ0n) is 12.5. The van der Waals surface area contributed by atoms with E-state index in [4.69, 9.17) is 0 Å². The minimum absolute atomic E-state index is 0.0430. The van der Waals surface area contributed by atoms with Crippen molar-refractivity contribution in [2.75, 3.05) is 0 Å². The van der Waals surface area contributed by atoms with E-state index in [0.29, 0.717) is 0 Å². The molecule has 1 aromatic heterocycles. The molecule has 0 radical (unpaired) electrons. The van der Waals surface area contributed by atoms with Crippen LogP contribution in [0.25, 0.3) is 10.6 Å². The third kappa shape index (κ3) is 3.63. The maximum absolute atomic E-state index is 13.5. The zero-order chi connectivity index (χ0) is 16.2. The molecule has 0 bridgehead atoms. The van der Waals surface area contributed by atoms with Gasteiger partial charge in [-0.05, 0) is 19.1 Å². The number of carbonyl (C=O) groups is 1. The van der Waals surface area contributed by atoms with E-state index >= 15 is 0 Å². The molecule has 116 valence electrons. The quantitative estimate of drug-likeness (QED) is 0.781. The Kier molecular flexibility index (Phi) is 4.48. The van der Waals surface area contributed by atoms with E-state index in [1.165, 1.54) is 29.0 Å². The number of hydrogen-bond acceptors (Lipinski definition) is 3. The minimum atomic E-state index is -0.524. The van der Waals surface area contributed by atoms with Crippen LogP contribution < -0.4 is 5.32 Å². The molecule has 3 nitrogen and oxygen atoms in total. The molecule has 1 N–H and O–H groups in total. The van der Waals surface area contributed by atoms with Gasteiger partial charge in [0.15, 0.2) is 0 Å². The third-order valence-corrected chi connectivity index (χ3v) is 4.34. The molecule has 0 aliphatic heterocycles. The Hall–Kier alpha value is -2.53. The Labute approximate surface area is 137 Å². The van der Waals surface area contributed by atoms with Gasteiger partial charge in [0.05, 0.1) is 17.8 Å². The number of benzene rings is 2. The molecule has 23 heavy (non-hydrogen) atoms. The van der Waals surface area contributed by atoms with Crippen molar-refractivity contribution in [1.82, 2.24) is 10.3 Å². The lowest BCUT2D eigenvalue weighted by atomic mass is 10.2. The summed E-state index contributed by atoms with van der Waals surface area (Å²) in [6.07, 6.45) is 0. The van der Waals surface area contributed by atoms with Crippen molar-refractivity contribution < 1.29 is 9.18 Å². The predicted octanol–water partition coefficient (Wildman–Crippen LogP) is 4.19. The van der Waals surface area contributed by atoms with Crippen molar-refractivity contribution in [2.24, 2.45) is 0 Å². The standard InChI is InChI=1S/C18H15FN2OS/c1-12-6-8-13(9-7-12)18-21-14(11-23-18)10-20-17(22)15-4-2-3-5-16(15)19/h2-9,11H,10H2,1H3,(H,20,22). The summed E-state index contributed by atoms with van der Waals surface area (Å²) in [7, 11) is 0. The van der Waals surface area contributed by atoms with E-state index in [1.807, 2.05) is 36.6 Å². The highest BCUT2D eigenvalue weighted by atomic mass is 32.1. The molecular weight excluding hydrogens is 311 g/mol. The van der Waals surface area contributed by atoms with Crippen molar-refractivity contribution in [3.8, 4) is 10.6 Å².